The van der Waals surface area contributed by atoms with Gasteiger partial charge in [-0.1, -0.05) is 0 Å². The quantitative estimate of drug-likeness (QED) is 0.612. The summed E-state index contributed by atoms with van der Waals surface area (Å²) >= 11 is 4.95. The van der Waals surface area contributed by atoms with E-state index in [4.69, 9.17) is 10.2 Å². The first-order valence-electron chi connectivity index (χ1n) is 6.36. The number of aryl methyl sites for hydroxylation is 1. The Hall–Kier alpha value is -1.41. The van der Waals surface area contributed by atoms with E-state index in [1.165, 1.54) is 0 Å². The van der Waals surface area contributed by atoms with Crippen molar-refractivity contribution >= 4 is 45.1 Å². The minimum absolute atomic E-state index is 0.117. The smallest absolute Gasteiger partial charge is 0.326 e. The molecule has 0 aliphatic rings. The molecule has 1 unspecified atom stereocenters. The normalized spacial score (nSPS) is 11.9. The summed E-state index contributed by atoms with van der Waals surface area (Å²) in [6.07, 6.45) is 1.17. The molecule has 8 heteroatoms. The number of nitrogens with one attached hydrogen (secondary N) is 1. The Balaban J connectivity index is 2.32. The Bertz CT molecular complexity index is 516. The van der Waals surface area contributed by atoms with Crippen LogP contribution in [0.1, 0.15) is 30.6 Å². The van der Waals surface area contributed by atoms with Gasteiger partial charge in [0.15, 0.2) is 0 Å². The van der Waals surface area contributed by atoms with Gasteiger partial charge in [-0.25, -0.2) is 4.79 Å². The second-order valence-electron chi connectivity index (χ2n) is 4.45. The highest BCUT2D eigenvalue weighted by atomic mass is 79.9. The maximum atomic E-state index is 11.7. The summed E-state index contributed by atoms with van der Waals surface area (Å²) in [5.41, 5.74) is 0. The molecule has 3 N–H and O–H groups in total. The maximum Gasteiger partial charge on any atom is 0.326 e. The van der Waals surface area contributed by atoms with Crippen LogP contribution in [0.2, 0.25) is 0 Å². The fraction of sp³-hybridized carbons (Fsp3) is 0.462. The third-order valence-electron chi connectivity index (χ3n) is 2.74. The predicted molar refractivity (Wildman–Crippen MR) is 81.4 cm³/mol. The van der Waals surface area contributed by atoms with Crippen molar-refractivity contribution in [2.24, 2.45) is 0 Å². The number of aliphatic carboxylic acids is 2. The van der Waals surface area contributed by atoms with Crippen LogP contribution in [0.5, 0.6) is 0 Å². The van der Waals surface area contributed by atoms with E-state index < -0.39 is 18.0 Å². The molecule has 0 spiro atoms. The Morgan fingerprint density at radius 3 is 2.48 bits per heavy atom. The van der Waals surface area contributed by atoms with Gasteiger partial charge in [0.05, 0.1) is 3.79 Å². The molecule has 0 saturated heterocycles. The number of hydrogen-bond donors (Lipinski definition) is 3. The number of rotatable bonds is 9. The summed E-state index contributed by atoms with van der Waals surface area (Å²) in [6.45, 7) is 0. The van der Waals surface area contributed by atoms with Crippen molar-refractivity contribution in [2.75, 3.05) is 0 Å². The van der Waals surface area contributed by atoms with Gasteiger partial charge in [0.25, 0.3) is 0 Å². The summed E-state index contributed by atoms with van der Waals surface area (Å²) in [6, 6.07) is 2.76. The molecule has 1 heterocycles. The van der Waals surface area contributed by atoms with E-state index in [0.717, 1.165) is 15.1 Å². The second kappa shape index (κ2) is 8.78. The molecule has 1 atom stereocenters. The molecule has 0 bridgehead atoms. The summed E-state index contributed by atoms with van der Waals surface area (Å²) in [4.78, 5) is 34.2. The zero-order chi connectivity index (χ0) is 15.8. The van der Waals surface area contributed by atoms with Crippen LogP contribution in [0.4, 0.5) is 0 Å². The van der Waals surface area contributed by atoms with Gasteiger partial charge < -0.3 is 15.5 Å². The molecule has 0 aromatic carbocycles. The van der Waals surface area contributed by atoms with E-state index in [0.29, 0.717) is 6.42 Å². The molecule has 1 rings (SSSR count). The first-order valence-corrected chi connectivity index (χ1v) is 7.97. The van der Waals surface area contributed by atoms with Crippen LogP contribution in [-0.4, -0.2) is 34.1 Å². The van der Waals surface area contributed by atoms with Crippen molar-refractivity contribution in [1.82, 2.24) is 5.32 Å². The molecule has 0 radical (unpaired) electrons. The van der Waals surface area contributed by atoms with Gasteiger partial charge in [0, 0.05) is 17.7 Å². The van der Waals surface area contributed by atoms with Crippen molar-refractivity contribution in [3.8, 4) is 0 Å². The van der Waals surface area contributed by atoms with Crippen molar-refractivity contribution in [2.45, 2.75) is 38.1 Å². The highest BCUT2D eigenvalue weighted by molar-refractivity contribution is 9.11. The molecule has 1 aromatic heterocycles. The molecule has 0 aliphatic heterocycles. The Labute approximate surface area is 134 Å². The van der Waals surface area contributed by atoms with Crippen LogP contribution in [0, 0.1) is 0 Å². The predicted octanol–water partition coefficient (Wildman–Crippen LogP) is 2.27. The molecule has 21 heavy (non-hydrogen) atoms. The molecular formula is C13H16BrNO5S. The van der Waals surface area contributed by atoms with E-state index >= 15 is 0 Å². The van der Waals surface area contributed by atoms with Gasteiger partial charge in [-0.15, -0.1) is 11.3 Å². The fourth-order valence-electron chi connectivity index (χ4n) is 1.70. The molecule has 0 fully saturated rings. The number of amides is 1. The number of carbonyl (C=O) groups excluding carboxylic acids is 1. The Morgan fingerprint density at radius 1 is 1.24 bits per heavy atom. The number of hydrogen-bond acceptors (Lipinski definition) is 4. The monoisotopic (exact) mass is 377 g/mol. The standard InChI is InChI=1S/C13H16BrNO5S/c14-10-6-4-8(21-10)2-1-3-11(16)15-9(13(19)20)5-7-12(17)18/h4,6,9H,1-3,5,7H2,(H,15,16)(H,17,18)(H,19,20). The number of carbonyl (C=O) groups is 3. The van der Waals surface area contributed by atoms with Crippen LogP contribution in [0.3, 0.4) is 0 Å². The van der Waals surface area contributed by atoms with Crippen LogP contribution in [-0.2, 0) is 20.8 Å². The van der Waals surface area contributed by atoms with Gasteiger partial charge in [-0.2, -0.15) is 0 Å². The maximum absolute atomic E-state index is 11.7. The van der Waals surface area contributed by atoms with Crippen molar-refractivity contribution in [1.29, 1.82) is 0 Å². The van der Waals surface area contributed by atoms with Crippen LogP contribution in [0.25, 0.3) is 0 Å². The highest BCUT2D eigenvalue weighted by Crippen LogP contribution is 2.23. The average Bonchev–Trinajstić information content (AvgIpc) is 2.79. The zero-order valence-corrected chi connectivity index (χ0v) is 13.6. The zero-order valence-electron chi connectivity index (χ0n) is 11.2. The summed E-state index contributed by atoms with van der Waals surface area (Å²) in [7, 11) is 0. The van der Waals surface area contributed by atoms with E-state index in [9.17, 15) is 14.4 Å². The number of halogens is 1. The lowest BCUT2D eigenvalue weighted by Crippen LogP contribution is -2.41. The molecule has 6 nitrogen and oxygen atoms in total. The largest absolute Gasteiger partial charge is 0.481 e. The van der Waals surface area contributed by atoms with Gasteiger partial charge >= 0.3 is 11.9 Å². The molecule has 1 amide bonds. The number of thiophene rings is 1. The first-order chi connectivity index (χ1) is 9.88. The van der Waals surface area contributed by atoms with Crippen molar-refractivity contribution in [3.05, 3.63) is 20.8 Å². The summed E-state index contributed by atoms with van der Waals surface area (Å²) in [5.74, 6) is -2.67. The lowest BCUT2D eigenvalue weighted by Gasteiger charge is -2.13. The molecule has 1 aromatic rings. The highest BCUT2D eigenvalue weighted by Gasteiger charge is 2.20. The molecule has 0 saturated carbocycles. The van der Waals surface area contributed by atoms with Crippen LogP contribution >= 0.6 is 27.3 Å². The van der Waals surface area contributed by atoms with E-state index in [1.54, 1.807) is 11.3 Å². The first kappa shape index (κ1) is 17.6. The molecule has 0 aliphatic carbocycles. The van der Waals surface area contributed by atoms with Crippen LogP contribution < -0.4 is 5.32 Å². The van der Waals surface area contributed by atoms with Crippen molar-refractivity contribution in [3.63, 3.8) is 0 Å². The van der Waals surface area contributed by atoms with Gasteiger partial charge in [-0.3, -0.25) is 9.59 Å². The third kappa shape index (κ3) is 7.24. The number of carboxylic acids is 2. The summed E-state index contributed by atoms with van der Waals surface area (Å²) in [5, 5.41) is 19.8. The average molecular weight is 378 g/mol. The second-order valence-corrected chi connectivity index (χ2v) is 7.00. The van der Waals surface area contributed by atoms with E-state index in [-0.39, 0.29) is 25.2 Å². The molecule has 116 valence electrons. The molecular weight excluding hydrogens is 362 g/mol. The van der Waals surface area contributed by atoms with Gasteiger partial charge in [-0.05, 0) is 47.3 Å². The summed E-state index contributed by atoms with van der Waals surface area (Å²) < 4.78 is 1.03. The Kier molecular flexibility index (Phi) is 7.38. The third-order valence-corrected chi connectivity index (χ3v) is 4.42. The van der Waals surface area contributed by atoms with Gasteiger partial charge in [0.2, 0.25) is 5.91 Å². The van der Waals surface area contributed by atoms with E-state index in [1.807, 2.05) is 12.1 Å². The lowest BCUT2D eigenvalue weighted by molar-refractivity contribution is -0.143. The minimum atomic E-state index is -1.22. The number of carboxylic acid groups (broad SMARTS) is 2. The fourth-order valence-corrected chi connectivity index (χ4v) is 3.23. The lowest BCUT2D eigenvalue weighted by atomic mass is 10.1. The SMILES string of the molecule is O=C(O)CCC(NC(=O)CCCc1ccc(Br)s1)C(=O)O. The van der Waals surface area contributed by atoms with Crippen LogP contribution in [0.15, 0.2) is 15.9 Å². The van der Waals surface area contributed by atoms with Gasteiger partial charge in [0.1, 0.15) is 6.04 Å². The minimum Gasteiger partial charge on any atom is -0.481 e. The van der Waals surface area contributed by atoms with Crippen molar-refractivity contribution < 1.29 is 24.6 Å². The van der Waals surface area contributed by atoms with E-state index in [2.05, 4.69) is 21.2 Å². The Morgan fingerprint density at radius 2 is 1.95 bits per heavy atom. The topological polar surface area (TPSA) is 104 Å².